The molecule has 0 aromatic heterocycles. The molecule has 6 heteroatoms. The molecule has 0 saturated carbocycles. The van der Waals surface area contributed by atoms with E-state index in [-0.39, 0.29) is 11.7 Å². The van der Waals surface area contributed by atoms with Crippen molar-refractivity contribution in [1.82, 2.24) is 5.43 Å². The van der Waals surface area contributed by atoms with Crippen LogP contribution in [0.4, 0.5) is 0 Å². The molecule has 2 N–H and O–H groups in total. The fourth-order valence-corrected chi connectivity index (χ4v) is 1.97. The van der Waals surface area contributed by atoms with Crippen molar-refractivity contribution in [2.75, 3.05) is 13.2 Å². The second kappa shape index (κ2) is 6.17. The molecule has 112 valence electrons. The number of fused-ring (bicyclic) bond motifs is 1. The zero-order chi connectivity index (χ0) is 15.4. The summed E-state index contributed by atoms with van der Waals surface area (Å²) >= 11 is 0. The molecule has 2 aromatic carbocycles. The molecule has 22 heavy (non-hydrogen) atoms. The monoisotopic (exact) mass is 298 g/mol. The summed E-state index contributed by atoms with van der Waals surface area (Å²) in [5.41, 5.74) is 3.64. The first-order valence-electron chi connectivity index (χ1n) is 6.74. The predicted octanol–water partition coefficient (Wildman–Crippen LogP) is 1.93. The van der Waals surface area contributed by atoms with Crippen LogP contribution in [0.5, 0.6) is 17.2 Å². The standard InChI is InChI=1S/C16H14N2O4/c19-13-4-1-11(2-5-13)10-17-18-16(20)12-3-6-14-15(9-12)22-8-7-21-14/h1-6,9-10,19H,7-8H2,(H,18,20)/b17-10-. The third-order valence-electron chi connectivity index (χ3n) is 3.08. The number of hydrogen-bond acceptors (Lipinski definition) is 5. The van der Waals surface area contributed by atoms with Gasteiger partial charge in [0.05, 0.1) is 6.21 Å². The number of amides is 1. The molecule has 0 atom stereocenters. The van der Waals surface area contributed by atoms with Crippen molar-refractivity contribution in [2.24, 2.45) is 5.10 Å². The van der Waals surface area contributed by atoms with Crippen molar-refractivity contribution in [3.8, 4) is 17.2 Å². The van der Waals surface area contributed by atoms with Gasteiger partial charge in [0.25, 0.3) is 5.91 Å². The minimum Gasteiger partial charge on any atom is -0.508 e. The summed E-state index contributed by atoms with van der Waals surface area (Å²) in [6.07, 6.45) is 1.50. The molecule has 2 aromatic rings. The number of carbonyl (C=O) groups excluding carboxylic acids is 1. The van der Waals surface area contributed by atoms with Crippen molar-refractivity contribution < 1.29 is 19.4 Å². The van der Waals surface area contributed by atoms with Crippen molar-refractivity contribution in [1.29, 1.82) is 0 Å². The van der Waals surface area contributed by atoms with E-state index in [0.29, 0.717) is 30.3 Å². The third kappa shape index (κ3) is 3.17. The maximum Gasteiger partial charge on any atom is 0.271 e. The first-order valence-corrected chi connectivity index (χ1v) is 6.74. The molecular weight excluding hydrogens is 284 g/mol. The number of phenolic OH excluding ortho intramolecular Hbond substituents is 1. The van der Waals surface area contributed by atoms with E-state index in [0.717, 1.165) is 5.56 Å². The van der Waals surface area contributed by atoms with E-state index in [1.54, 1.807) is 42.5 Å². The van der Waals surface area contributed by atoms with E-state index in [2.05, 4.69) is 10.5 Å². The Balaban J connectivity index is 1.65. The maximum atomic E-state index is 12.0. The Bertz CT molecular complexity index is 711. The van der Waals surface area contributed by atoms with Crippen LogP contribution >= 0.6 is 0 Å². The minimum atomic E-state index is -0.341. The Labute approximate surface area is 127 Å². The van der Waals surface area contributed by atoms with Crippen LogP contribution < -0.4 is 14.9 Å². The van der Waals surface area contributed by atoms with E-state index < -0.39 is 0 Å². The van der Waals surface area contributed by atoms with Gasteiger partial charge in [-0.1, -0.05) is 0 Å². The van der Waals surface area contributed by atoms with Crippen molar-refractivity contribution in [3.05, 3.63) is 53.6 Å². The molecule has 1 heterocycles. The molecule has 0 bridgehead atoms. The summed E-state index contributed by atoms with van der Waals surface area (Å²) in [4.78, 5) is 12.0. The van der Waals surface area contributed by atoms with Gasteiger partial charge in [-0.05, 0) is 48.0 Å². The van der Waals surface area contributed by atoms with Crippen molar-refractivity contribution in [2.45, 2.75) is 0 Å². The molecule has 1 aliphatic heterocycles. The Hall–Kier alpha value is -3.02. The average molecular weight is 298 g/mol. The molecular formula is C16H14N2O4. The normalized spacial score (nSPS) is 13.1. The number of hydrogen-bond donors (Lipinski definition) is 2. The average Bonchev–Trinajstić information content (AvgIpc) is 2.56. The number of phenols is 1. The number of rotatable bonds is 3. The van der Waals surface area contributed by atoms with Gasteiger partial charge >= 0.3 is 0 Å². The molecule has 0 spiro atoms. The number of benzene rings is 2. The van der Waals surface area contributed by atoms with Crippen LogP contribution in [-0.4, -0.2) is 30.4 Å². The molecule has 3 rings (SSSR count). The zero-order valence-corrected chi connectivity index (χ0v) is 11.7. The van der Waals surface area contributed by atoms with Gasteiger partial charge in [-0.2, -0.15) is 5.10 Å². The Morgan fingerprint density at radius 2 is 1.82 bits per heavy atom. The Morgan fingerprint density at radius 3 is 2.59 bits per heavy atom. The van der Waals surface area contributed by atoms with E-state index in [1.165, 1.54) is 6.21 Å². The second-order valence-corrected chi connectivity index (χ2v) is 4.65. The molecule has 0 radical (unpaired) electrons. The topological polar surface area (TPSA) is 80.2 Å². The largest absolute Gasteiger partial charge is 0.508 e. The molecule has 0 fully saturated rings. The van der Waals surface area contributed by atoms with Crippen LogP contribution in [0.15, 0.2) is 47.6 Å². The maximum absolute atomic E-state index is 12.0. The number of aromatic hydroxyl groups is 1. The van der Waals surface area contributed by atoms with Crippen LogP contribution in [0.2, 0.25) is 0 Å². The van der Waals surface area contributed by atoms with Crippen LogP contribution in [0.1, 0.15) is 15.9 Å². The van der Waals surface area contributed by atoms with Crippen LogP contribution in [0, 0.1) is 0 Å². The Kier molecular flexibility index (Phi) is 3.91. The summed E-state index contributed by atoms with van der Waals surface area (Å²) in [6, 6.07) is 11.4. The highest BCUT2D eigenvalue weighted by Crippen LogP contribution is 2.30. The van der Waals surface area contributed by atoms with Gasteiger partial charge in [-0.3, -0.25) is 4.79 Å². The number of hydrazone groups is 1. The smallest absolute Gasteiger partial charge is 0.271 e. The van der Waals surface area contributed by atoms with Crippen LogP contribution in [-0.2, 0) is 0 Å². The number of nitrogens with one attached hydrogen (secondary N) is 1. The first kappa shape index (κ1) is 13.9. The minimum absolute atomic E-state index is 0.178. The summed E-state index contributed by atoms with van der Waals surface area (Å²) in [6.45, 7) is 0.979. The molecule has 1 aliphatic rings. The van der Waals surface area contributed by atoms with Gasteiger partial charge in [-0.15, -0.1) is 0 Å². The number of carbonyl (C=O) groups is 1. The van der Waals surface area contributed by atoms with E-state index in [9.17, 15) is 9.90 Å². The van der Waals surface area contributed by atoms with E-state index in [1.807, 2.05) is 0 Å². The highest BCUT2D eigenvalue weighted by molar-refractivity contribution is 5.95. The molecule has 0 aliphatic carbocycles. The zero-order valence-electron chi connectivity index (χ0n) is 11.7. The SMILES string of the molecule is O=C(N/N=C\c1ccc(O)cc1)c1ccc2c(c1)OCCO2. The summed E-state index contributed by atoms with van der Waals surface area (Å²) < 4.78 is 10.8. The second-order valence-electron chi connectivity index (χ2n) is 4.65. The highest BCUT2D eigenvalue weighted by atomic mass is 16.6. The van der Waals surface area contributed by atoms with Crippen LogP contribution in [0.3, 0.4) is 0 Å². The van der Waals surface area contributed by atoms with Crippen LogP contribution in [0.25, 0.3) is 0 Å². The highest BCUT2D eigenvalue weighted by Gasteiger charge is 2.14. The van der Waals surface area contributed by atoms with Gasteiger partial charge < -0.3 is 14.6 Å². The quantitative estimate of drug-likeness (QED) is 0.670. The lowest BCUT2D eigenvalue weighted by Gasteiger charge is -2.18. The predicted molar refractivity (Wildman–Crippen MR) is 80.6 cm³/mol. The van der Waals surface area contributed by atoms with E-state index in [4.69, 9.17) is 9.47 Å². The van der Waals surface area contributed by atoms with Crippen molar-refractivity contribution in [3.63, 3.8) is 0 Å². The lowest BCUT2D eigenvalue weighted by atomic mass is 10.2. The fourth-order valence-electron chi connectivity index (χ4n) is 1.97. The van der Waals surface area contributed by atoms with Gasteiger partial charge in [0.1, 0.15) is 19.0 Å². The summed E-state index contributed by atoms with van der Waals surface area (Å²) in [5, 5.41) is 13.1. The molecule has 0 saturated heterocycles. The van der Waals surface area contributed by atoms with E-state index >= 15 is 0 Å². The van der Waals surface area contributed by atoms with Gasteiger partial charge in [0, 0.05) is 5.56 Å². The molecule has 6 nitrogen and oxygen atoms in total. The lowest BCUT2D eigenvalue weighted by Crippen LogP contribution is -2.19. The molecule has 0 unspecified atom stereocenters. The van der Waals surface area contributed by atoms with Gasteiger partial charge in [0.15, 0.2) is 11.5 Å². The van der Waals surface area contributed by atoms with Crippen molar-refractivity contribution >= 4 is 12.1 Å². The molecule has 1 amide bonds. The first-order chi connectivity index (χ1) is 10.7. The number of nitrogens with zero attached hydrogens (tertiary/aromatic N) is 1. The summed E-state index contributed by atoms with van der Waals surface area (Å²) in [7, 11) is 0. The third-order valence-corrected chi connectivity index (χ3v) is 3.08. The van der Waals surface area contributed by atoms with Gasteiger partial charge in [-0.25, -0.2) is 5.43 Å². The Morgan fingerprint density at radius 1 is 1.09 bits per heavy atom. The fraction of sp³-hybridized carbons (Fsp3) is 0.125. The van der Waals surface area contributed by atoms with Gasteiger partial charge in [0.2, 0.25) is 0 Å². The number of ether oxygens (including phenoxy) is 2. The summed E-state index contributed by atoms with van der Waals surface area (Å²) in [5.74, 6) is 1.03. The lowest BCUT2D eigenvalue weighted by molar-refractivity contribution is 0.0954.